The average molecular weight is 184 g/mol. The van der Waals surface area contributed by atoms with Crippen LogP contribution in [0, 0.1) is 11.3 Å². The van der Waals surface area contributed by atoms with Gasteiger partial charge in [0.05, 0.1) is 13.2 Å². The number of hydrogen-bond acceptors (Lipinski definition) is 2. The topological polar surface area (TPSA) is 18.5 Å². The molecular formula is C11H20O2. The van der Waals surface area contributed by atoms with Gasteiger partial charge in [0.1, 0.15) is 0 Å². The quantitative estimate of drug-likeness (QED) is 0.576. The summed E-state index contributed by atoms with van der Waals surface area (Å²) in [5, 5.41) is 0. The van der Waals surface area contributed by atoms with Gasteiger partial charge in [-0.2, -0.15) is 0 Å². The minimum Gasteiger partial charge on any atom is -0.348 e. The molecule has 1 saturated carbocycles. The van der Waals surface area contributed by atoms with Crippen molar-refractivity contribution in [2.45, 2.75) is 45.8 Å². The average Bonchev–Trinajstić information content (AvgIpc) is 2.48. The van der Waals surface area contributed by atoms with Crippen molar-refractivity contribution >= 4 is 0 Å². The molecule has 0 N–H and O–H groups in total. The molecule has 0 aromatic rings. The van der Waals surface area contributed by atoms with Gasteiger partial charge in [-0.15, -0.1) is 0 Å². The molecule has 1 atom stereocenters. The zero-order valence-electron chi connectivity index (χ0n) is 8.93. The van der Waals surface area contributed by atoms with E-state index in [2.05, 4.69) is 20.8 Å². The molecule has 2 nitrogen and oxygen atoms in total. The lowest BCUT2D eigenvalue weighted by molar-refractivity contribution is -0.202. The second-order valence-corrected chi connectivity index (χ2v) is 5.20. The van der Waals surface area contributed by atoms with Gasteiger partial charge in [0.25, 0.3) is 0 Å². The van der Waals surface area contributed by atoms with Crippen LogP contribution >= 0.6 is 0 Å². The third-order valence-electron chi connectivity index (χ3n) is 3.92. The minimum atomic E-state index is -0.199. The lowest BCUT2D eigenvalue weighted by atomic mass is 9.68. The molecule has 1 spiro atoms. The Morgan fingerprint density at radius 3 is 2.23 bits per heavy atom. The van der Waals surface area contributed by atoms with Gasteiger partial charge in [0.2, 0.25) is 0 Å². The fourth-order valence-corrected chi connectivity index (χ4v) is 2.36. The van der Waals surface area contributed by atoms with Crippen molar-refractivity contribution < 1.29 is 9.47 Å². The largest absolute Gasteiger partial charge is 0.348 e. The molecular weight excluding hydrogens is 164 g/mol. The first-order chi connectivity index (χ1) is 6.04. The Hall–Kier alpha value is -0.0800. The summed E-state index contributed by atoms with van der Waals surface area (Å²) in [4.78, 5) is 0. The molecule has 0 radical (unpaired) electrons. The van der Waals surface area contributed by atoms with Crippen LogP contribution in [0.5, 0.6) is 0 Å². The van der Waals surface area contributed by atoms with Crippen LogP contribution in [-0.4, -0.2) is 19.0 Å². The molecule has 76 valence electrons. The standard InChI is InChI=1S/C11H20O2/c1-9-8-11(12-6-7-13-11)5-4-10(9,2)3/h9H,4-8H2,1-3H3/t9-/m0/s1. The summed E-state index contributed by atoms with van der Waals surface area (Å²) < 4.78 is 11.4. The van der Waals surface area contributed by atoms with Crippen LogP contribution in [0.3, 0.4) is 0 Å². The normalized spacial score (nSPS) is 36.7. The van der Waals surface area contributed by atoms with Crippen molar-refractivity contribution in [3.05, 3.63) is 0 Å². The second-order valence-electron chi connectivity index (χ2n) is 5.20. The maximum absolute atomic E-state index is 5.72. The van der Waals surface area contributed by atoms with Crippen LogP contribution in [0.2, 0.25) is 0 Å². The van der Waals surface area contributed by atoms with Gasteiger partial charge in [0, 0.05) is 12.8 Å². The number of hydrogen-bond donors (Lipinski definition) is 0. The predicted molar refractivity (Wildman–Crippen MR) is 51.4 cm³/mol. The molecule has 0 aromatic heterocycles. The van der Waals surface area contributed by atoms with Gasteiger partial charge in [-0.05, 0) is 17.8 Å². The molecule has 1 aliphatic carbocycles. The van der Waals surface area contributed by atoms with Gasteiger partial charge >= 0.3 is 0 Å². The first-order valence-corrected chi connectivity index (χ1v) is 5.32. The highest BCUT2D eigenvalue weighted by atomic mass is 16.7. The van der Waals surface area contributed by atoms with Crippen LogP contribution in [-0.2, 0) is 9.47 Å². The molecule has 1 heterocycles. The van der Waals surface area contributed by atoms with Crippen LogP contribution in [0.4, 0.5) is 0 Å². The number of ether oxygens (including phenoxy) is 2. The monoisotopic (exact) mass is 184 g/mol. The van der Waals surface area contributed by atoms with Crippen LogP contribution in [0.1, 0.15) is 40.0 Å². The Labute approximate surface area is 80.6 Å². The summed E-state index contributed by atoms with van der Waals surface area (Å²) in [6, 6.07) is 0. The summed E-state index contributed by atoms with van der Waals surface area (Å²) in [6.45, 7) is 8.57. The van der Waals surface area contributed by atoms with Gasteiger partial charge in [-0.3, -0.25) is 0 Å². The fraction of sp³-hybridized carbons (Fsp3) is 1.00. The maximum atomic E-state index is 5.72. The second kappa shape index (κ2) is 2.96. The van der Waals surface area contributed by atoms with E-state index in [1.165, 1.54) is 6.42 Å². The van der Waals surface area contributed by atoms with E-state index in [1.807, 2.05) is 0 Å². The lowest BCUT2D eigenvalue weighted by Crippen LogP contribution is -2.42. The van der Waals surface area contributed by atoms with E-state index in [0.29, 0.717) is 11.3 Å². The third-order valence-corrected chi connectivity index (χ3v) is 3.92. The van der Waals surface area contributed by atoms with Crippen LogP contribution < -0.4 is 0 Å². The van der Waals surface area contributed by atoms with Crippen molar-refractivity contribution in [3.8, 4) is 0 Å². The molecule has 2 heteroatoms. The first kappa shape index (κ1) is 9.47. The predicted octanol–water partition coefficient (Wildman–Crippen LogP) is 2.58. The smallest absolute Gasteiger partial charge is 0.168 e. The van der Waals surface area contributed by atoms with E-state index in [-0.39, 0.29) is 5.79 Å². The van der Waals surface area contributed by atoms with Crippen molar-refractivity contribution in [1.29, 1.82) is 0 Å². The highest BCUT2D eigenvalue weighted by Crippen LogP contribution is 2.47. The molecule has 1 saturated heterocycles. The van der Waals surface area contributed by atoms with E-state index < -0.39 is 0 Å². The Kier molecular flexibility index (Phi) is 2.16. The summed E-state index contributed by atoms with van der Waals surface area (Å²) in [7, 11) is 0. The summed E-state index contributed by atoms with van der Waals surface area (Å²) in [6.07, 6.45) is 3.36. The van der Waals surface area contributed by atoms with E-state index in [1.54, 1.807) is 0 Å². The molecule has 0 unspecified atom stereocenters. The van der Waals surface area contributed by atoms with Crippen molar-refractivity contribution in [2.75, 3.05) is 13.2 Å². The molecule has 13 heavy (non-hydrogen) atoms. The first-order valence-electron chi connectivity index (χ1n) is 5.32. The van der Waals surface area contributed by atoms with E-state index in [9.17, 15) is 0 Å². The van der Waals surface area contributed by atoms with E-state index >= 15 is 0 Å². The molecule has 2 fully saturated rings. The third kappa shape index (κ3) is 1.62. The Morgan fingerprint density at radius 1 is 1.08 bits per heavy atom. The highest BCUT2D eigenvalue weighted by molar-refractivity contribution is 4.90. The Morgan fingerprint density at radius 2 is 1.69 bits per heavy atom. The fourth-order valence-electron chi connectivity index (χ4n) is 2.36. The van der Waals surface area contributed by atoms with E-state index in [4.69, 9.17) is 9.47 Å². The molecule has 2 rings (SSSR count). The molecule has 0 amide bonds. The Balaban J connectivity index is 2.06. The SMILES string of the molecule is C[C@H]1CC2(CCC1(C)C)OCCO2. The van der Waals surface area contributed by atoms with Gasteiger partial charge < -0.3 is 9.47 Å². The maximum Gasteiger partial charge on any atom is 0.168 e. The molecule has 0 bridgehead atoms. The van der Waals surface area contributed by atoms with E-state index in [0.717, 1.165) is 26.1 Å². The summed E-state index contributed by atoms with van der Waals surface area (Å²) >= 11 is 0. The zero-order valence-corrected chi connectivity index (χ0v) is 8.93. The van der Waals surface area contributed by atoms with Crippen LogP contribution in [0.15, 0.2) is 0 Å². The van der Waals surface area contributed by atoms with Crippen molar-refractivity contribution in [1.82, 2.24) is 0 Å². The summed E-state index contributed by atoms with van der Waals surface area (Å²) in [5.74, 6) is 0.494. The van der Waals surface area contributed by atoms with Crippen molar-refractivity contribution in [3.63, 3.8) is 0 Å². The zero-order chi connectivity index (χ0) is 9.53. The van der Waals surface area contributed by atoms with Gasteiger partial charge in [-0.25, -0.2) is 0 Å². The Bertz CT molecular complexity index is 192. The molecule has 1 aliphatic heterocycles. The molecule has 0 aromatic carbocycles. The highest BCUT2D eigenvalue weighted by Gasteiger charge is 2.46. The van der Waals surface area contributed by atoms with Crippen molar-refractivity contribution in [2.24, 2.45) is 11.3 Å². The summed E-state index contributed by atoms with van der Waals surface area (Å²) in [5.41, 5.74) is 0.459. The molecule has 2 aliphatic rings. The lowest BCUT2D eigenvalue weighted by Gasteiger charge is -2.44. The van der Waals surface area contributed by atoms with Crippen LogP contribution in [0.25, 0.3) is 0 Å². The van der Waals surface area contributed by atoms with Gasteiger partial charge in [-0.1, -0.05) is 20.8 Å². The number of rotatable bonds is 0. The van der Waals surface area contributed by atoms with Gasteiger partial charge in [0.15, 0.2) is 5.79 Å². The minimum absolute atomic E-state index is 0.199.